The van der Waals surface area contributed by atoms with Crippen molar-refractivity contribution in [3.8, 4) is 11.3 Å². The van der Waals surface area contributed by atoms with Gasteiger partial charge in [0.05, 0.1) is 25.3 Å². The molecule has 0 bridgehead atoms. The van der Waals surface area contributed by atoms with Gasteiger partial charge in [0.25, 0.3) is 0 Å². The van der Waals surface area contributed by atoms with Crippen LogP contribution < -0.4 is 5.73 Å². The minimum Gasteiger partial charge on any atom is -0.467 e. The number of imidazole rings is 1. The Labute approximate surface area is 117 Å². The number of pyridine rings is 1. The largest absolute Gasteiger partial charge is 0.467 e. The lowest BCUT2D eigenvalue weighted by atomic mass is 10.0. The fourth-order valence-corrected chi connectivity index (χ4v) is 2.13. The second kappa shape index (κ2) is 5.73. The normalized spacial score (nSPS) is 12.4. The van der Waals surface area contributed by atoms with Crippen LogP contribution in [-0.2, 0) is 9.53 Å². The van der Waals surface area contributed by atoms with E-state index in [1.165, 1.54) is 7.11 Å². The number of nitrogen functional groups attached to an aromatic ring is 1. The number of nitrogens with zero attached hydrogens (tertiary/aromatic N) is 3. The third-order valence-electron chi connectivity index (χ3n) is 3.12. The smallest absolute Gasteiger partial charge is 0.329 e. The van der Waals surface area contributed by atoms with Gasteiger partial charge in [0.2, 0.25) is 0 Å². The molecule has 2 rings (SSSR count). The molecule has 20 heavy (non-hydrogen) atoms. The molecule has 1 unspecified atom stereocenters. The first-order valence-electron chi connectivity index (χ1n) is 6.36. The fraction of sp³-hybridized carbons (Fsp3) is 0.357. The number of nitrogens with two attached hydrogens (primary N) is 1. The molecule has 0 saturated heterocycles. The van der Waals surface area contributed by atoms with Crippen LogP contribution in [0.4, 0.5) is 5.82 Å². The van der Waals surface area contributed by atoms with Crippen molar-refractivity contribution < 1.29 is 9.53 Å². The van der Waals surface area contributed by atoms with Crippen LogP contribution in [-0.4, -0.2) is 27.6 Å². The standard InChI is InChI=1S/C14H18N4O2/c1-9(2)13(14(19)20-3)18-8-16-7-11(18)10-4-5-12(15)17-6-10/h4-9,13H,1-3H3,(H2,15,17). The minimum absolute atomic E-state index is 0.0807. The second-order valence-corrected chi connectivity index (χ2v) is 4.87. The number of aromatic nitrogens is 3. The maximum absolute atomic E-state index is 12.0. The molecule has 0 aliphatic rings. The maximum atomic E-state index is 12.0. The zero-order valence-corrected chi connectivity index (χ0v) is 11.8. The Hall–Kier alpha value is -2.37. The van der Waals surface area contributed by atoms with E-state index >= 15 is 0 Å². The molecule has 6 nitrogen and oxygen atoms in total. The van der Waals surface area contributed by atoms with Gasteiger partial charge < -0.3 is 15.0 Å². The van der Waals surface area contributed by atoms with Crippen molar-refractivity contribution in [3.05, 3.63) is 30.9 Å². The summed E-state index contributed by atoms with van der Waals surface area (Å²) >= 11 is 0. The van der Waals surface area contributed by atoms with Gasteiger partial charge in [-0.1, -0.05) is 13.8 Å². The van der Waals surface area contributed by atoms with E-state index in [1.807, 2.05) is 24.5 Å². The Morgan fingerprint density at radius 3 is 2.65 bits per heavy atom. The lowest BCUT2D eigenvalue weighted by Gasteiger charge is -2.22. The molecule has 0 aliphatic heterocycles. The molecule has 1 atom stereocenters. The highest BCUT2D eigenvalue weighted by Gasteiger charge is 2.27. The molecular formula is C14H18N4O2. The predicted molar refractivity (Wildman–Crippen MR) is 75.8 cm³/mol. The Morgan fingerprint density at radius 1 is 1.35 bits per heavy atom. The Kier molecular flexibility index (Phi) is 4.02. The van der Waals surface area contributed by atoms with Crippen LogP contribution >= 0.6 is 0 Å². The molecule has 0 aromatic carbocycles. The molecule has 2 aromatic rings. The van der Waals surface area contributed by atoms with Crippen LogP contribution in [0.15, 0.2) is 30.9 Å². The highest BCUT2D eigenvalue weighted by atomic mass is 16.5. The summed E-state index contributed by atoms with van der Waals surface area (Å²) in [5.74, 6) is 0.244. The van der Waals surface area contributed by atoms with E-state index in [4.69, 9.17) is 10.5 Å². The third-order valence-corrected chi connectivity index (χ3v) is 3.12. The van der Waals surface area contributed by atoms with Crippen LogP contribution in [0, 0.1) is 5.92 Å². The second-order valence-electron chi connectivity index (χ2n) is 4.87. The molecule has 0 spiro atoms. The number of hydrogen-bond acceptors (Lipinski definition) is 5. The van der Waals surface area contributed by atoms with Gasteiger partial charge in [-0.15, -0.1) is 0 Å². The van der Waals surface area contributed by atoms with E-state index in [0.29, 0.717) is 5.82 Å². The molecule has 106 valence electrons. The number of anilines is 1. The Morgan fingerprint density at radius 2 is 2.10 bits per heavy atom. The molecule has 2 aromatic heterocycles. The number of ether oxygens (including phenoxy) is 1. The molecule has 0 aliphatic carbocycles. The van der Waals surface area contributed by atoms with Gasteiger partial charge in [-0.3, -0.25) is 0 Å². The summed E-state index contributed by atoms with van der Waals surface area (Å²) in [4.78, 5) is 20.2. The first-order chi connectivity index (χ1) is 9.54. The Balaban J connectivity index is 2.45. The van der Waals surface area contributed by atoms with Crippen molar-refractivity contribution in [1.29, 1.82) is 0 Å². The number of rotatable bonds is 4. The highest BCUT2D eigenvalue weighted by molar-refractivity contribution is 5.75. The van der Waals surface area contributed by atoms with Crippen molar-refractivity contribution in [1.82, 2.24) is 14.5 Å². The van der Waals surface area contributed by atoms with Crippen LogP contribution in [0.3, 0.4) is 0 Å². The van der Waals surface area contributed by atoms with Crippen LogP contribution in [0.1, 0.15) is 19.9 Å². The zero-order valence-electron chi connectivity index (χ0n) is 11.8. The molecule has 2 N–H and O–H groups in total. The van der Waals surface area contributed by atoms with Crippen molar-refractivity contribution in [2.24, 2.45) is 5.92 Å². The summed E-state index contributed by atoms with van der Waals surface area (Å²) in [7, 11) is 1.39. The van der Waals surface area contributed by atoms with Gasteiger partial charge in [0, 0.05) is 11.8 Å². The summed E-state index contributed by atoms with van der Waals surface area (Å²) in [5.41, 5.74) is 7.25. The summed E-state index contributed by atoms with van der Waals surface area (Å²) in [6.45, 7) is 3.93. The van der Waals surface area contributed by atoms with E-state index in [-0.39, 0.29) is 11.9 Å². The van der Waals surface area contributed by atoms with Crippen LogP contribution in [0.25, 0.3) is 11.3 Å². The minimum atomic E-state index is -0.421. The van der Waals surface area contributed by atoms with Crippen molar-refractivity contribution in [2.45, 2.75) is 19.9 Å². The Bertz CT molecular complexity index is 589. The monoisotopic (exact) mass is 274 g/mol. The number of hydrogen-bond donors (Lipinski definition) is 1. The molecule has 6 heteroatoms. The lowest BCUT2D eigenvalue weighted by Crippen LogP contribution is -2.25. The van der Waals surface area contributed by atoms with Crippen molar-refractivity contribution in [2.75, 3.05) is 12.8 Å². The van der Waals surface area contributed by atoms with E-state index < -0.39 is 6.04 Å². The van der Waals surface area contributed by atoms with Gasteiger partial charge in [-0.25, -0.2) is 14.8 Å². The first-order valence-corrected chi connectivity index (χ1v) is 6.36. The number of esters is 1. The summed E-state index contributed by atoms with van der Waals surface area (Å²) < 4.78 is 6.69. The number of carbonyl (C=O) groups is 1. The van der Waals surface area contributed by atoms with Gasteiger partial charge in [0.15, 0.2) is 0 Å². The topological polar surface area (TPSA) is 83.0 Å². The average Bonchev–Trinajstić information content (AvgIpc) is 2.88. The summed E-state index contributed by atoms with van der Waals surface area (Å²) in [6, 6.07) is 3.15. The van der Waals surface area contributed by atoms with Crippen LogP contribution in [0.2, 0.25) is 0 Å². The third kappa shape index (κ3) is 2.64. The van der Waals surface area contributed by atoms with E-state index in [0.717, 1.165) is 11.3 Å². The lowest BCUT2D eigenvalue weighted by molar-refractivity contribution is -0.146. The molecule has 0 fully saturated rings. The maximum Gasteiger partial charge on any atom is 0.329 e. The molecule has 0 saturated carbocycles. The molecular weight excluding hydrogens is 256 g/mol. The van der Waals surface area contributed by atoms with Crippen molar-refractivity contribution in [3.63, 3.8) is 0 Å². The SMILES string of the molecule is COC(=O)C(C(C)C)n1cncc1-c1ccc(N)nc1. The molecule has 0 radical (unpaired) electrons. The number of methoxy groups -OCH3 is 1. The summed E-state index contributed by atoms with van der Waals surface area (Å²) in [6.07, 6.45) is 5.00. The quantitative estimate of drug-likeness (QED) is 0.861. The predicted octanol–water partition coefficient (Wildman–Crippen LogP) is 1.90. The van der Waals surface area contributed by atoms with E-state index in [1.54, 1.807) is 24.8 Å². The van der Waals surface area contributed by atoms with Crippen LogP contribution in [0.5, 0.6) is 0 Å². The molecule has 2 heterocycles. The van der Waals surface area contributed by atoms with Gasteiger partial charge >= 0.3 is 5.97 Å². The van der Waals surface area contributed by atoms with E-state index in [2.05, 4.69) is 9.97 Å². The van der Waals surface area contributed by atoms with Gasteiger partial charge in [-0.2, -0.15) is 0 Å². The highest BCUT2D eigenvalue weighted by Crippen LogP contribution is 2.27. The summed E-state index contributed by atoms with van der Waals surface area (Å²) in [5, 5.41) is 0. The van der Waals surface area contributed by atoms with Crippen molar-refractivity contribution >= 4 is 11.8 Å². The molecule has 0 amide bonds. The zero-order chi connectivity index (χ0) is 14.7. The number of carbonyl (C=O) groups excluding carboxylic acids is 1. The fourth-order valence-electron chi connectivity index (χ4n) is 2.13. The van der Waals surface area contributed by atoms with E-state index in [9.17, 15) is 4.79 Å². The first kappa shape index (κ1) is 14.0. The van der Waals surface area contributed by atoms with Gasteiger partial charge in [0.1, 0.15) is 11.9 Å². The average molecular weight is 274 g/mol. The van der Waals surface area contributed by atoms with Gasteiger partial charge in [-0.05, 0) is 18.1 Å².